The molecule has 4 heavy (non-hydrogen) atoms. The standard InChI is InChI=1S/Al.Na.OSi/c;;1-2. The zero-order chi connectivity index (χ0) is 2.00. The summed E-state index contributed by atoms with van der Waals surface area (Å²) < 4.78 is 8.06. The van der Waals surface area contributed by atoms with Crippen LogP contribution in [0.15, 0.2) is 0 Å². The Morgan fingerprint density at radius 1 is 1.25 bits per heavy atom. The van der Waals surface area contributed by atoms with Crippen molar-refractivity contribution in [2.45, 2.75) is 0 Å². The van der Waals surface area contributed by atoms with E-state index < -0.39 is 0 Å². The summed E-state index contributed by atoms with van der Waals surface area (Å²) in [6.45, 7) is 0. The molecule has 0 bridgehead atoms. The molecule has 0 aromatic rings. The van der Waals surface area contributed by atoms with Crippen molar-refractivity contribution < 1.29 is 4.46 Å². The smallest absolute Gasteiger partial charge is 0.381 e. The molecular weight excluding hydrogens is 94.1 g/mol. The Bertz CT molecular complexity index is 8.00. The minimum atomic E-state index is 0. The van der Waals surface area contributed by atoms with Crippen LogP contribution in [0.2, 0.25) is 0 Å². The predicted molar refractivity (Wildman–Crippen MR) is 17.9 cm³/mol. The van der Waals surface area contributed by atoms with Crippen molar-refractivity contribution in [1.29, 1.82) is 0 Å². The predicted octanol–water partition coefficient (Wildman–Crippen LogP) is -1.26. The molecular formula is AlNaOSi. The molecule has 0 spiro atoms. The molecule has 0 aliphatic rings. The van der Waals surface area contributed by atoms with Gasteiger partial charge in [-0.1, -0.05) is 0 Å². The molecule has 6 radical (unpaired) electrons. The molecule has 0 rings (SSSR count). The Kier molecular flexibility index (Phi) is 105. The molecule has 0 amide bonds. The average Bonchev–Trinajstić information content (AvgIpc) is 1.00. The van der Waals surface area contributed by atoms with Gasteiger partial charge in [-0.3, -0.25) is 0 Å². The van der Waals surface area contributed by atoms with E-state index in [-0.39, 0.29) is 46.9 Å². The van der Waals surface area contributed by atoms with Gasteiger partial charge in [0.1, 0.15) is 0 Å². The molecule has 14 valence electrons. The summed E-state index contributed by atoms with van der Waals surface area (Å²) in [6, 6.07) is 0. The molecule has 0 N–H and O–H groups in total. The third-order valence-electron chi connectivity index (χ3n) is 0. The summed E-state index contributed by atoms with van der Waals surface area (Å²) in [5.74, 6) is 0. The molecule has 0 fully saturated rings. The van der Waals surface area contributed by atoms with Gasteiger partial charge in [0.2, 0.25) is 0 Å². The third-order valence-corrected chi connectivity index (χ3v) is 0. The van der Waals surface area contributed by atoms with Crippen LogP contribution in [0.3, 0.4) is 0 Å². The van der Waals surface area contributed by atoms with Crippen LogP contribution >= 0.6 is 0 Å². The summed E-state index contributed by atoms with van der Waals surface area (Å²) in [6.07, 6.45) is 0. The zero-order valence-electron chi connectivity index (χ0n) is 2.49. The van der Waals surface area contributed by atoms with Crippen LogP contribution in [0.5, 0.6) is 0 Å². The van der Waals surface area contributed by atoms with Crippen molar-refractivity contribution in [2.24, 2.45) is 0 Å². The Balaban J connectivity index is -0.00000000500. The molecule has 0 heterocycles. The fourth-order valence-corrected chi connectivity index (χ4v) is 0. The number of hydrogen-bond donors (Lipinski definition) is 0. The maximum absolute atomic E-state index is 8.06. The van der Waals surface area contributed by atoms with Crippen molar-refractivity contribution in [3.8, 4) is 0 Å². The molecule has 0 aliphatic carbocycles. The second kappa shape index (κ2) is 23.9. The van der Waals surface area contributed by atoms with Crippen LogP contribution in [0, 0.1) is 0 Å². The molecule has 0 saturated heterocycles. The summed E-state index contributed by atoms with van der Waals surface area (Å²) in [5.41, 5.74) is 0. The van der Waals surface area contributed by atoms with Gasteiger partial charge in [0.15, 0.2) is 0 Å². The molecule has 0 unspecified atom stereocenters. The summed E-state index contributed by atoms with van der Waals surface area (Å²) in [7, 11) is 1.72. The molecule has 4 heteroatoms. The van der Waals surface area contributed by atoms with E-state index >= 15 is 0 Å². The van der Waals surface area contributed by atoms with E-state index in [1.54, 1.807) is 10.1 Å². The molecule has 0 atom stereocenters. The Morgan fingerprint density at radius 2 is 1.25 bits per heavy atom. The Labute approximate surface area is 61.1 Å². The second-order valence-corrected chi connectivity index (χ2v) is 0. The molecule has 0 aliphatic heterocycles. The zero-order valence-corrected chi connectivity index (χ0v) is 6.64. The fourth-order valence-electron chi connectivity index (χ4n) is 0. The first-order valence-corrected chi connectivity index (χ1v) is 0.612. The minimum absolute atomic E-state index is 0. The Hall–Kier alpha value is 1.55. The normalized spacial score (nSPS) is 1.00. The quantitative estimate of drug-likeness (QED) is 0.342. The first-order valence-electron chi connectivity index (χ1n) is 0.204. The summed E-state index contributed by atoms with van der Waals surface area (Å²) in [5, 5.41) is 0. The van der Waals surface area contributed by atoms with Crippen LogP contribution in [-0.2, 0) is 4.46 Å². The largest absolute Gasteiger partial charge is 0.381 e. The Morgan fingerprint density at radius 3 is 1.25 bits per heavy atom. The topological polar surface area (TPSA) is 17.1 Å². The van der Waals surface area contributed by atoms with Crippen molar-refractivity contribution in [3.05, 3.63) is 0 Å². The van der Waals surface area contributed by atoms with Gasteiger partial charge in [0, 0.05) is 46.9 Å². The summed E-state index contributed by atoms with van der Waals surface area (Å²) in [4.78, 5) is 0. The van der Waals surface area contributed by atoms with Gasteiger partial charge in [-0.05, 0) is 0 Å². The van der Waals surface area contributed by atoms with Crippen molar-refractivity contribution in [3.63, 3.8) is 0 Å². The van der Waals surface area contributed by atoms with Gasteiger partial charge in [0.05, 0.1) is 0 Å². The third kappa shape index (κ3) is 9.61. The number of hydrogen-bond acceptors (Lipinski definition) is 1. The molecule has 0 aromatic carbocycles. The van der Waals surface area contributed by atoms with E-state index in [1.165, 1.54) is 0 Å². The van der Waals surface area contributed by atoms with Gasteiger partial charge in [0.25, 0.3) is 0 Å². The van der Waals surface area contributed by atoms with Crippen LogP contribution in [0.1, 0.15) is 0 Å². The summed E-state index contributed by atoms with van der Waals surface area (Å²) >= 11 is 0. The van der Waals surface area contributed by atoms with Gasteiger partial charge in [-0.2, -0.15) is 0 Å². The van der Waals surface area contributed by atoms with E-state index in [1.807, 2.05) is 0 Å². The molecule has 1 nitrogen and oxygen atoms in total. The SMILES string of the molecule is O=[Si].[Al].[Na]. The van der Waals surface area contributed by atoms with E-state index in [0.717, 1.165) is 0 Å². The number of rotatable bonds is 0. The van der Waals surface area contributed by atoms with E-state index in [0.29, 0.717) is 0 Å². The van der Waals surface area contributed by atoms with E-state index in [4.69, 9.17) is 4.46 Å². The monoisotopic (exact) mass is 93.9 g/mol. The fraction of sp³-hybridized carbons (Fsp3) is 0. The van der Waals surface area contributed by atoms with Crippen LogP contribution in [0.4, 0.5) is 0 Å². The van der Waals surface area contributed by atoms with Crippen LogP contribution < -0.4 is 0 Å². The van der Waals surface area contributed by atoms with Crippen molar-refractivity contribution in [2.75, 3.05) is 0 Å². The van der Waals surface area contributed by atoms with Crippen molar-refractivity contribution in [1.82, 2.24) is 0 Å². The van der Waals surface area contributed by atoms with Gasteiger partial charge in [-0.25, -0.2) is 0 Å². The van der Waals surface area contributed by atoms with E-state index in [9.17, 15) is 0 Å². The van der Waals surface area contributed by atoms with Gasteiger partial charge in [-0.15, -0.1) is 0 Å². The van der Waals surface area contributed by atoms with Crippen molar-refractivity contribution >= 4 is 57.0 Å². The van der Waals surface area contributed by atoms with E-state index in [2.05, 4.69) is 0 Å². The maximum Gasteiger partial charge on any atom is 0.381 e. The average molecular weight is 94.1 g/mol. The van der Waals surface area contributed by atoms with Crippen LogP contribution in [-0.4, -0.2) is 57.0 Å². The molecule has 0 aromatic heterocycles. The molecule has 0 saturated carbocycles. The first-order chi connectivity index (χ1) is 1.00. The van der Waals surface area contributed by atoms with Gasteiger partial charge < -0.3 is 4.46 Å². The van der Waals surface area contributed by atoms with Crippen LogP contribution in [0.25, 0.3) is 0 Å². The minimum Gasteiger partial charge on any atom is -0.381 e. The maximum atomic E-state index is 8.06. The second-order valence-electron chi connectivity index (χ2n) is 0. The first kappa shape index (κ1) is 17.7. The van der Waals surface area contributed by atoms with Gasteiger partial charge >= 0.3 is 10.1 Å².